The fraction of sp³-hybridized carbons (Fsp3) is 0.308. The maximum Gasteiger partial charge on any atom is 0.247 e. The van der Waals surface area contributed by atoms with Gasteiger partial charge in [0, 0.05) is 50.5 Å². The summed E-state index contributed by atoms with van der Waals surface area (Å²) in [5.74, 6) is 1.29. The highest BCUT2D eigenvalue weighted by atomic mass is 16.5. The minimum atomic E-state index is -0.703. The van der Waals surface area contributed by atoms with Crippen molar-refractivity contribution < 1.29 is 9.84 Å². The summed E-state index contributed by atoms with van der Waals surface area (Å²) in [6.07, 6.45) is -0.703. The Balaban J connectivity index is 1.23. The van der Waals surface area contributed by atoms with Crippen molar-refractivity contribution in [3.05, 3.63) is 72.3 Å². The quantitative estimate of drug-likeness (QED) is 0.276. The van der Waals surface area contributed by atoms with E-state index in [0.717, 1.165) is 73.2 Å². The van der Waals surface area contributed by atoms with Crippen LogP contribution in [0, 0.1) is 0 Å². The maximum atomic E-state index is 10.5. The number of ether oxygens (including phenoxy) is 1. The molecular formula is C26H31N7O2. The van der Waals surface area contributed by atoms with Crippen molar-refractivity contribution in [2.75, 3.05) is 51.7 Å². The van der Waals surface area contributed by atoms with Crippen LogP contribution in [-0.4, -0.2) is 71.0 Å². The molecule has 0 aliphatic carbocycles. The number of nitrogens with one attached hydrogen (secondary N) is 3. The number of pyridine rings is 1. The largest absolute Gasteiger partial charge is 0.497 e. The van der Waals surface area contributed by atoms with Crippen LogP contribution in [0.1, 0.15) is 11.8 Å². The molecule has 5 rings (SSSR count). The number of hydrogen-bond donors (Lipinski definition) is 4. The van der Waals surface area contributed by atoms with E-state index in [1.54, 1.807) is 7.11 Å². The van der Waals surface area contributed by atoms with Crippen LogP contribution in [0.5, 0.6) is 5.75 Å². The van der Waals surface area contributed by atoms with E-state index in [2.05, 4.69) is 30.9 Å². The highest BCUT2D eigenvalue weighted by Crippen LogP contribution is 2.25. The van der Waals surface area contributed by atoms with E-state index < -0.39 is 6.23 Å². The molecule has 0 spiro atoms. The molecule has 0 bridgehead atoms. The molecule has 2 aromatic carbocycles. The van der Waals surface area contributed by atoms with E-state index in [9.17, 15) is 5.11 Å². The molecule has 3 heterocycles. The van der Waals surface area contributed by atoms with Crippen LogP contribution in [0.2, 0.25) is 0 Å². The van der Waals surface area contributed by atoms with Gasteiger partial charge in [0.25, 0.3) is 0 Å². The molecule has 9 heteroatoms. The lowest BCUT2D eigenvalue weighted by atomic mass is 10.1. The average Bonchev–Trinajstić information content (AvgIpc) is 3.32. The predicted molar refractivity (Wildman–Crippen MR) is 137 cm³/mol. The molecule has 4 aromatic rings. The van der Waals surface area contributed by atoms with Crippen LogP contribution < -0.4 is 20.7 Å². The van der Waals surface area contributed by atoms with Gasteiger partial charge in [0.1, 0.15) is 12.0 Å². The smallest absolute Gasteiger partial charge is 0.247 e. The molecule has 9 nitrogen and oxygen atoms in total. The molecule has 1 atom stereocenters. The zero-order valence-corrected chi connectivity index (χ0v) is 19.8. The maximum absolute atomic E-state index is 10.5. The molecule has 4 N–H and O–H groups in total. The van der Waals surface area contributed by atoms with Crippen LogP contribution in [0.4, 0.5) is 11.6 Å². The third-order valence-electron chi connectivity index (χ3n) is 6.18. The van der Waals surface area contributed by atoms with Gasteiger partial charge in [0.05, 0.1) is 12.8 Å². The van der Waals surface area contributed by atoms with Crippen molar-refractivity contribution >= 4 is 17.3 Å². The van der Waals surface area contributed by atoms with E-state index in [-0.39, 0.29) is 0 Å². The summed E-state index contributed by atoms with van der Waals surface area (Å²) in [6.45, 7) is 5.82. The van der Waals surface area contributed by atoms with Crippen molar-refractivity contribution in [1.29, 1.82) is 0 Å². The molecule has 182 valence electrons. The van der Waals surface area contributed by atoms with Crippen molar-refractivity contribution in [1.82, 2.24) is 30.1 Å². The molecule has 1 aliphatic rings. The molecular weight excluding hydrogens is 442 g/mol. The monoisotopic (exact) mass is 473 g/mol. The van der Waals surface area contributed by atoms with E-state index in [1.807, 2.05) is 71.2 Å². The summed E-state index contributed by atoms with van der Waals surface area (Å²) in [7, 11) is 1.66. The number of hydrogen-bond acceptors (Lipinski definition) is 8. The van der Waals surface area contributed by atoms with Crippen molar-refractivity contribution in [3.63, 3.8) is 0 Å². The van der Waals surface area contributed by atoms with Gasteiger partial charge >= 0.3 is 0 Å². The van der Waals surface area contributed by atoms with Gasteiger partial charge in [-0.1, -0.05) is 30.3 Å². The number of benzene rings is 2. The van der Waals surface area contributed by atoms with E-state index in [4.69, 9.17) is 4.74 Å². The third-order valence-corrected chi connectivity index (χ3v) is 6.18. The first-order chi connectivity index (χ1) is 17.2. The Labute approximate surface area is 204 Å². The molecule has 1 fully saturated rings. The fourth-order valence-electron chi connectivity index (χ4n) is 4.25. The highest BCUT2D eigenvalue weighted by Gasteiger charge is 2.12. The second-order valence-corrected chi connectivity index (χ2v) is 8.54. The van der Waals surface area contributed by atoms with Gasteiger partial charge in [-0.15, -0.1) is 5.10 Å². The summed E-state index contributed by atoms with van der Waals surface area (Å²) in [5, 5.41) is 25.0. The van der Waals surface area contributed by atoms with Gasteiger partial charge < -0.3 is 20.5 Å². The Morgan fingerprint density at radius 3 is 2.66 bits per heavy atom. The number of rotatable bonds is 9. The van der Waals surface area contributed by atoms with Crippen LogP contribution in [0.3, 0.4) is 0 Å². The third kappa shape index (κ3) is 5.60. The number of nitrogens with zero attached hydrogens (tertiary/aromatic N) is 4. The van der Waals surface area contributed by atoms with Gasteiger partial charge in [-0.3, -0.25) is 10.2 Å². The lowest BCUT2D eigenvalue weighted by Crippen LogP contribution is -2.46. The Kier molecular flexibility index (Phi) is 7.20. The number of methoxy groups -OCH3 is 1. The second-order valence-electron chi connectivity index (χ2n) is 8.54. The SMILES string of the molecule is COc1cccc(-c2cccc3nc(Nc4ccc(C(O)NCCN5CCNCC5)cc4)nn23)c1. The van der Waals surface area contributed by atoms with E-state index in [0.29, 0.717) is 5.95 Å². The van der Waals surface area contributed by atoms with Gasteiger partial charge in [0.15, 0.2) is 5.65 Å². The van der Waals surface area contributed by atoms with Crippen molar-refractivity contribution in [3.8, 4) is 17.0 Å². The van der Waals surface area contributed by atoms with Crippen molar-refractivity contribution in [2.24, 2.45) is 0 Å². The first kappa shape index (κ1) is 23.3. The molecule has 1 aliphatic heterocycles. The fourth-order valence-corrected chi connectivity index (χ4v) is 4.25. The molecule has 1 saturated heterocycles. The Morgan fingerprint density at radius 1 is 1.06 bits per heavy atom. The summed E-state index contributed by atoms with van der Waals surface area (Å²) in [5.41, 5.74) is 4.33. The minimum Gasteiger partial charge on any atom is -0.497 e. The minimum absolute atomic E-state index is 0.503. The Bertz CT molecular complexity index is 1250. The normalized spacial score (nSPS) is 15.3. The lowest BCUT2D eigenvalue weighted by molar-refractivity contribution is 0.130. The number of anilines is 2. The van der Waals surface area contributed by atoms with Gasteiger partial charge in [-0.2, -0.15) is 4.98 Å². The summed E-state index contributed by atoms with van der Waals surface area (Å²) < 4.78 is 7.18. The first-order valence-corrected chi connectivity index (χ1v) is 11.9. The number of aliphatic hydroxyl groups excluding tert-OH is 1. The predicted octanol–water partition coefficient (Wildman–Crippen LogP) is 2.63. The molecule has 2 aromatic heterocycles. The lowest BCUT2D eigenvalue weighted by Gasteiger charge is -2.27. The number of piperazine rings is 1. The van der Waals surface area contributed by atoms with Crippen LogP contribution >= 0.6 is 0 Å². The topological polar surface area (TPSA) is 99.0 Å². The zero-order chi connectivity index (χ0) is 24.0. The standard InChI is InChI=1S/C26H31N7O2/c1-35-22-5-2-4-20(18-22)23-6-3-7-24-30-26(31-33(23)24)29-21-10-8-19(9-11-21)25(34)28-14-17-32-15-12-27-13-16-32/h2-11,18,25,27-28,34H,12-17H2,1H3,(H,29,31). The molecule has 0 amide bonds. The van der Waals surface area contributed by atoms with Gasteiger partial charge in [0.2, 0.25) is 5.95 Å². The van der Waals surface area contributed by atoms with E-state index >= 15 is 0 Å². The van der Waals surface area contributed by atoms with Crippen LogP contribution in [-0.2, 0) is 0 Å². The van der Waals surface area contributed by atoms with Gasteiger partial charge in [-0.25, -0.2) is 4.52 Å². The molecule has 0 radical (unpaired) electrons. The average molecular weight is 474 g/mol. The molecule has 1 unspecified atom stereocenters. The second kappa shape index (κ2) is 10.8. The number of fused-ring (bicyclic) bond motifs is 1. The van der Waals surface area contributed by atoms with E-state index in [1.165, 1.54) is 0 Å². The molecule has 0 saturated carbocycles. The summed E-state index contributed by atoms with van der Waals surface area (Å²) >= 11 is 0. The van der Waals surface area contributed by atoms with Crippen molar-refractivity contribution in [2.45, 2.75) is 6.23 Å². The van der Waals surface area contributed by atoms with Gasteiger partial charge in [-0.05, 0) is 42.0 Å². The number of aliphatic hydroxyl groups is 1. The first-order valence-electron chi connectivity index (χ1n) is 11.9. The molecule has 35 heavy (non-hydrogen) atoms. The Morgan fingerprint density at radius 2 is 1.86 bits per heavy atom. The highest BCUT2D eigenvalue weighted by molar-refractivity contribution is 5.66. The summed E-state index contributed by atoms with van der Waals surface area (Å²) in [4.78, 5) is 7.01. The summed E-state index contributed by atoms with van der Waals surface area (Å²) in [6, 6.07) is 21.4. The van der Waals surface area contributed by atoms with Crippen LogP contribution in [0.15, 0.2) is 66.7 Å². The van der Waals surface area contributed by atoms with Crippen LogP contribution in [0.25, 0.3) is 16.9 Å². The number of aromatic nitrogens is 3. The Hall–Kier alpha value is -3.50. The zero-order valence-electron chi connectivity index (χ0n) is 19.8.